The van der Waals surface area contributed by atoms with Crippen LogP contribution in [0.4, 0.5) is 5.69 Å². The number of aryl methyl sites for hydroxylation is 1. The van der Waals surface area contributed by atoms with E-state index in [1.807, 2.05) is 54.8 Å². The summed E-state index contributed by atoms with van der Waals surface area (Å²) < 4.78 is 40.7. The van der Waals surface area contributed by atoms with Crippen LogP contribution in [0.5, 0.6) is 11.5 Å². The van der Waals surface area contributed by atoms with Gasteiger partial charge >= 0.3 is 0 Å². The number of amides is 3. The maximum atomic E-state index is 14.9. The van der Waals surface area contributed by atoms with Gasteiger partial charge in [-0.2, -0.15) is 0 Å². The number of hydrogen-bond acceptors (Lipinski definition) is 11. The Hall–Kier alpha value is -4.73. The van der Waals surface area contributed by atoms with Crippen molar-refractivity contribution >= 4 is 67.3 Å². The summed E-state index contributed by atoms with van der Waals surface area (Å²) in [4.78, 5) is 54.9. The smallest absolute Gasteiger partial charge is 0.259 e. The highest BCUT2D eigenvalue weighted by atomic mass is 35.5. The molecule has 2 aliphatic carbocycles. The van der Waals surface area contributed by atoms with Gasteiger partial charge < -0.3 is 25.0 Å². The van der Waals surface area contributed by atoms with E-state index in [4.69, 9.17) is 31.0 Å². The van der Waals surface area contributed by atoms with E-state index in [9.17, 15) is 22.8 Å². The molecule has 8 rings (SSSR count). The van der Waals surface area contributed by atoms with Crippen molar-refractivity contribution in [1.82, 2.24) is 24.9 Å². The van der Waals surface area contributed by atoms with Crippen molar-refractivity contribution in [2.24, 2.45) is 5.92 Å². The molecule has 0 unspecified atom stereocenters. The molecule has 3 amide bonds. The maximum absolute atomic E-state index is 14.9. The zero-order chi connectivity index (χ0) is 42.3. The molecule has 318 valence electrons. The summed E-state index contributed by atoms with van der Waals surface area (Å²) >= 11 is 7.85. The van der Waals surface area contributed by atoms with Gasteiger partial charge in [-0.15, -0.1) is 11.3 Å². The minimum Gasteiger partial charge on any atom is -0.496 e. The van der Waals surface area contributed by atoms with Gasteiger partial charge in [0.1, 0.15) is 45.9 Å². The Bertz CT molecular complexity index is 2450. The number of halogens is 1. The van der Waals surface area contributed by atoms with Gasteiger partial charge in [0, 0.05) is 45.4 Å². The fourth-order valence-corrected chi connectivity index (χ4v) is 10.8. The van der Waals surface area contributed by atoms with Crippen molar-refractivity contribution in [3.8, 4) is 22.2 Å². The van der Waals surface area contributed by atoms with Crippen LogP contribution < -0.4 is 24.8 Å². The number of hydrogen-bond donors (Lipinski definition) is 3. The van der Waals surface area contributed by atoms with E-state index < -0.39 is 56.7 Å². The summed E-state index contributed by atoms with van der Waals surface area (Å²) in [5, 5.41) is 9.77. The van der Waals surface area contributed by atoms with Gasteiger partial charge in [0.05, 0.1) is 30.1 Å². The highest BCUT2D eigenvalue weighted by Crippen LogP contribution is 2.46. The Morgan fingerprint density at radius 1 is 1.07 bits per heavy atom. The van der Waals surface area contributed by atoms with Gasteiger partial charge in [-0.25, -0.2) is 18.4 Å². The Kier molecular flexibility index (Phi) is 11.9. The molecule has 60 heavy (non-hydrogen) atoms. The largest absolute Gasteiger partial charge is 0.496 e. The molecule has 2 aliphatic heterocycles. The molecule has 0 bridgehead atoms. The van der Waals surface area contributed by atoms with Crippen LogP contribution in [0.1, 0.15) is 88.8 Å². The minimum atomic E-state index is -3.89. The van der Waals surface area contributed by atoms with Gasteiger partial charge in [0.25, 0.3) is 5.91 Å². The number of nitrogens with one attached hydrogen (secondary N) is 3. The predicted octanol–water partition coefficient (Wildman–Crippen LogP) is 7.28. The molecule has 16 heteroatoms. The zero-order valence-electron chi connectivity index (χ0n) is 34.2. The normalized spacial score (nSPS) is 25.4. The average Bonchev–Trinajstić information content (AvgIpc) is 4.09. The lowest BCUT2D eigenvalue weighted by molar-refractivity contribution is -0.140. The molecule has 2 aromatic carbocycles. The van der Waals surface area contributed by atoms with Crippen LogP contribution in [-0.2, 0) is 24.4 Å². The van der Waals surface area contributed by atoms with Crippen LogP contribution in [0.2, 0.25) is 5.02 Å². The van der Waals surface area contributed by atoms with Crippen molar-refractivity contribution in [2.75, 3.05) is 19.0 Å². The molecular formula is C44H51ClN6O7S2. The molecule has 2 aromatic heterocycles. The quantitative estimate of drug-likeness (QED) is 0.138. The average molecular weight is 876 g/mol. The summed E-state index contributed by atoms with van der Waals surface area (Å²) in [5.74, 6) is -0.581. The highest BCUT2D eigenvalue weighted by Gasteiger charge is 2.62. The number of thiazole rings is 1. The topological polar surface area (TPSA) is 169 Å². The third kappa shape index (κ3) is 8.71. The first-order valence-electron chi connectivity index (χ1n) is 20.7. The molecule has 13 nitrogen and oxygen atoms in total. The second-order valence-corrected chi connectivity index (χ2v) is 20.0. The van der Waals surface area contributed by atoms with Crippen molar-refractivity contribution in [2.45, 2.75) is 113 Å². The molecule has 4 aliphatic rings. The van der Waals surface area contributed by atoms with Crippen LogP contribution in [0.25, 0.3) is 21.6 Å². The van der Waals surface area contributed by atoms with Crippen LogP contribution in [-0.4, -0.2) is 83.6 Å². The van der Waals surface area contributed by atoms with Gasteiger partial charge in [0.15, 0.2) is 0 Å². The number of carbonyl (C=O) groups excluding carboxylic acids is 3. The Labute approximate surface area is 359 Å². The second-order valence-electron chi connectivity index (χ2n) is 16.7. The lowest BCUT2D eigenvalue weighted by Crippen LogP contribution is -2.57. The van der Waals surface area contributed by atoms with Crippen molar-refractivity contribution in [3.05, 3.63) is 76.3 Å². The number of nitrogens with zero attached hydrogens (tertiary/aromatic N) is 3. The van der Waals surface area contributed by atoms with E-state index in [0.717, 1.165) is 47.3 Å². The Morgan fingerprint density at radius 2 is 1.88 bits per heavy atom. The number of carbonyl (C=O) groups is 3. The number of pyridine rings is 1. The number of rotatable bonds is 10. The lowest BCUT2D eigenvalue weighted by Gasteiger charge is -2.30. The van der Waals surface area contributed by atoms with Gasteiger partial charge in [-0.3, -0.25) is 19.1 Å². The highest BCUT2D eigenvalue weighted by molar-refractivity contribution is 7.91. The molecule has 4 heterocycles. The summed E-state index contributed by atoms with van der Waals surface area (Å²) in [6.07, 6.45) is 8.31. The number of fused-ring (bicyclic) bond motifs is 3. The van der Waals surface area contributed by atoms with E-state index in [-0.39, 0.29) is 31.2 Å². The first-order chi connectivity index (χ1) is 28.8. The summed E-state index contributed by atoms with van der Waals surface area (Å²) in [5.41, 5.74) is 2.28. The Morgan fingerprint density at radius 3 is 2.62 bits per heavy atom. The maximum Gasteiger partial charge on any atom is 0.259 e. The fraction of sp³-hybridized carbons (Fsp3) is 0.477. The summed E-state index contributed by atoms with van der Waals surface area (Å²) in [6, 6.07) is 11.1. The van der Waals surface area contributed by atoms with Crippen molar-refractivity contribution in [3.63, 3.8) is 0 Å². The van der Waals surface area contributed by atoms with E-state index in [0.29, 0.717) is 52.7 Å². The van der Waals surface area contributed by atoms with Gasteiger partial charge in [-0.05, 0) is 81.7 Å². The number of allylic oxidation sites excluding steroid dienone is 1. The van der Waals surface area contributed by atoms with Crippen LogP contribution in [0.3, 0.4) is 0 Å². The van der Waals surface area contributed by atoms with Crippen LogP contribution in [0, 0.1) is 12.8 Å². The second kappa shape index (κ2) is 17.0. The first kappa shape index (κ1) is 42.0. The number of methoxy groups -OCH3 is 1. The van der Waals surface area contributed by atoms with Crippen molar-refractivity contribution < 1.29 is 32.3 Å². The zero-order valence-corrected chi connectivity index (χ0v) is 36.6. The van der Waals surface area contributed by atoms with Crippen LogP contribution in [0.15, 0.2) is 60.0 Å². The van der Waals surface area contributed by atoms with Gasteiger partial charge in [0.2, 0.25) is 21.8 Å². The molecule has 5 atom stereocenters. The number of benzene rings is 2. The third-order valence-corrected chi connectivity index (χ3v) is 14.9. The summed E-state index contributed by atoms with van der Waals surface area (Å²) in [7, 11) is -2.27. The van der Waals surface area contributed by atoms with E-state index in [2.05, 4.69) is 29.2 Å². The summed E-state index contributed by atoms with van der Waals surface area (Å²) in [6.45, 7) is 6.19. The van der Waals surface area contributed by atoms with E-state index in [1.165, 1.54) is 11.3 Å². The Balaban J connectivity index is 1.15. The van der Waals surface area contributed by atoms with Crippen molar-refractivity contribution in [1.29, 1.82) is 0 Å². The number of anilines is 1. The number of sulfonamides is 1. The van der Waals surface area contributed by atoms with Crippen LogP contribution >= 0.6 is 22.9 Å². The number of ether oxygens (including phenoxy) is 2. The van der Waals surface area contributed by atoms with E-state index >= 15 is 0 Å². The van der Waals surface area contributed by atoms with E-state index in [1.54, 1.807) is 24.1 Å². The standard InChI is InChI=1S/C44H51ClN6O7S2/c1-25(2)35-24-59-41(48-35)34-21-38(32-17-18-37(57-4)26(3)39(32)47-34)58-30-20-36-40(52)49-44(43(54)50-60(55,56)31-15-16-31)22-27(44)11-8-6-5-7-9-14-33(42(53)51(36)23-30)46-29-13-10-12-28(45)19-29/h8,10-13,17-19,21,24-25,27,30-31,33,36,46H,5-7,9,14-16,20,22-23H2,1-4H3,(H,49,52)(H,50,54)/b11-8-/t27-,30+,33-,36-,44+/m0/s1. The van der Waals surface area contributed by atoms with Gasteiger partial charge in [-0.1, -0.05) is 56.5 Å². The molecule has 0 spiro atoms. The molecule has 0 radical (unpaired) electrons. The fourth-order valence-electron chi connectivity index (χ4n) is 8.28. The third-order valence-electron chi connectivity index (χ3n) is 12.0. The SMILES string of the molecule is COc1ccc2c(O[C@@H]3C[C@H]4C(=O)N[C@]5(C(=O)NS(=O)(=O)C6CC6)C[C@@H]5/C=C\CCCCC[C@H](Nc5cccc(Cl)c5)C(=O)N4C3)cc(-c3nc(C(C)C)cs3)nc2c1C. The molecule has 1 saturated heterocycles. The lowest BCUT2D eigenvalue weighted by atomic mass is 10.0. The predicted molar refractivity (Wildman–Crippen MR) is 233 cm³/mol. The molecular weight excluding hydrogens is 824 g/mol. The molecule has 4 aromatic rings. The monoisotopic (exact) mass is 874 g/mol. The number of aromatic nitrogens is 2. The minimum absolute atomic E-state index is 0.0757. The molecule has 2 saturated carbocycles. The first-order valence-corrected chi connectivity index (χ1v) is 23.5. The molecule has 3 fully saturated rings. The molecule has 3 N–H and O–H groups in total.